The Balaban J connectivity index is 1.85. The van der Waals surface area contributed by atoms with E-state index in [9.17, 15) is 0 Å². The average Bonchev–Trinajstić information content (AvgIpc) is 2.78. The van der Waals surface area contributed by atoms with Crippen LogP contribution < -0.4 is 5.32 Å². The Hall–Kier alpha value is 0.250. The van der Waals surface area contributed by atoms with Gasteiger partial charge in [0.25, 0.3) is 0 Å². The fourth-order valence-corrected chi connectivity index (χ4v) is 2.34. The van der Waals surface area contributed by atoms with Gasteiger partial charge in [-0.05, 0) is 38.0 Å². The van der Waals surface area contributed by atoms with Crippen molar-refractivity contribution in [2.24, 2.45) is 5.41 Å². The van der Waals surface area contributed by atoms with Gasteiger partial charge in [0.05, 0.1) is 4.87 Å². The summed E-state index contributed by atoms with van der Waals surface area (Å²) < 4.78 is 0. The van der Waals surface area contributed by atoms with Crippen LogP contribution in [0.1, 0.15) is 46.5 Å². The van der Waals surface area contributed by atoms with Crippen molar-refractivity contribution >= 4 is 11.6 Å². The molecule has 0 aromatic carbocycles. The maximum atomic E-state index is 6.35. The van der Waals surface area contributed by atoms with E-state index in [4.69, 9.17) is 11.6 Å². The van der Waals surface area contributed by atoms with Crippen LogP contribution in [0.2, 0.25) is 0 Å². The fourth-order valence-electron chi connectivity index (χ4n) is 2.18. The Morgan fingerprint density at radius 3 is 2.23 bits per heavy atom. The number of alkyl halides is 1. The van der Waals surface area contributed by atoms with Crippen LogP contribution in [0.5, 0.6) is 0 Å². The van der Waals surface area contributed by atoms with Gasteiger partial charge in [0.1, 0.15) is 0 Å². The van der Waals surface area contributed by atoms with E-state index in [1.165, 1.54) is 25.7 Å². The van der Waals surface area contributed by atoms with E-state index in [2.05, 4.69) is 26.1 Å². The lowest BCUT2D eigenvalue weighted by Crippen LogP contribution is -2.55. The summed E-state index contributed by atoms with van der Waals surface area (Å²) in [7, 11) is 0. The third-order valence-electron chi connectivity index (χ3n) is 3.98. The smallest absolute Gasteiger partial charge is 0.0598 e. The lowest BCUT2D eigenvalue weighted by atomic mass is 9.67. The Morgan fingerprint density at radius 1 is 1.31 bits per heavy atom. The van der Waals surface area contributed by atoms with Crippen molar-refractivity contribution in [2.45, 2.75) is 63.4 Å². The van der Waals surface area contributed by atoms with E-state index in [-0.39, 0.29) is 4.87 Å². The molecule has 0 amide bonds. The molecule has 2 rings (SSSR count). The molecule has 1 N–H and O–H groups in total. The normalized spacial score (nSPS) is 36.5. The van der Waals surface area contributed by atoms with Crippen LogP contribution >= 0.6 is 11.6 Å². The molecular weight excluding hydrogens is 182 g/mol. The van der Waals surface area contributed by atoms with Crippen molar-refractivity contribution in [1.82, 2.24) is 5.32 Å². The van der Waals surface area contributed by atoms with Crippen LogP contribution in [0.3, 0.4) is 0 Å². The molecular formula is C11H20ClN. The highest BCUT2D eigenvalue weighted by Gasteiger charge is 2.48. The Bertz CT molecular complexity index is 203. The molecule has 2 fully saturated rings. The molecule has 76 valence electrons. The van der Waals surface area contributed by atoms with Crippen molar-refractivity contribution in [3.05, 3.63) is 0 Å². The average molecular weight is 202 g/mol. The molecule has 0 radical (unpaired) electrons. The predicted octanol–water partition coefficient (Wildman–Crippen LogP) is 2.92. The summed E-state index contributed by atoms with van der Waals surface area (Å²) in [6, 6.07) is 1.18. The molecule has 2 heteroatoms. The van der Waals surface area contributed by atoms with Crippen molar-refractivity contribution in [3.63, 3.8) is 0 Å². The van der Waals surface area contributed by atoms with E-state index in [1.807, 2.05) is 0 Å². The molecule has 0 aromatic heterocycles. The molecule has 2 aliphatic carbocycles. The third-order valence-corrected chi connectivity index (χ3v) is 4.68. The summed E-state index contributed by atoms with van der Waals surface area (Å²) in [5, 5.41) is 3.68. The van der Waals surface area contributed by atoms with E-state index in [0.717, 1.165) is 0 Å². The van der Waals surface area contributed by atoms with Gasteiger partial charge >= 0.3 is 0 Å². The molecule has 2 unspecified atom stereocenters. The first kappa shape index (κ1) is 9.79. The lowest BCUT2D eigenvalue weighted by Gasteiger charge is -2.47. The minimum Gasteiger partial charge on any atom is -0.309 e. The zero-order valence-corrected chi connectivity index (χ0v) is 9.62. The van der Waals surface area contributed by atoms with E-state index in [1.54, 1.807) is 0 Å². The predicted molar refractivity (Wildman–Crippen MR) is 57.2 cm³/mol. The summed E-state index contributed by atoms with van der Waals surface area (Å²) in [6.07, 6.45) is 5.06. The Kier molecular flexibility index (Phi) is 2.16. The van der Waals surface area contributed by atoms with E-state index in [0.29, 0.717) is 17.5 Å². The van der Waals surface area contributed by atoms with Gasteiger partial charge in [-0.1, -0.05) is 13.8 Å². The second-order valence-electron chi connectivity index (χ2n) is 5.50. The molecule has 0 spiro atoms. The van der Waals surface area contributed by atoms with Crippen molar-refractivity contribution < 1.29 is 0 Å². The van der Waals surface area contributed by atoms with Crippen LogP contribution in [0.25, 0.3) is 0 Å². The van der Waals surface area contributed by atoms with Gasteiger partial charge in [-0.3, -0.25) is 0 Å². The van der Waals surface area contributed by atoms with Gasteiger partial charge in [0.2, 0.25) is 0 Å². The minimum atomic E-state index is 0.103. The molecule has 0 bridgehead atoms. The molecule has 1 nitrogen and oxygen atoms in total. The maximum absolute atomic E-state index is 6.35. The Labute approximate surface area is 86.2 Å². The monoisotopic (exact) mass is 201 g/mol. The van der Waals surface area contributed by atoms with Crippen molar-refractivity contribution in [2.75, 3.05) is 0 Å². The zero-order chi connectivity index (χ0) is 9.69. The molecule has 2 atom stereocenters. The lowest BCUT2D eigenvalue weighted by molar-refractivity contribution is 0.0983. The first-order valence-electron chi connectivity index (χ1n) is 5.39. The molecule has 0 saturated heterocycles. The zero-order valence-electron chi connectivity index (χ0n) is 8.86. The highest BCUT2D eigenvalue weighted by molar-refractivity contribution is 6.26. The van der Waals surface area contributed by atoms with E-state index < -0.39 is 0 Å². The van der Waals surface area contributed by atoms with Gasteiger partial charge in [-0.25, -0.2) is 0 Å². The first-order chi connectivity index (χ1) is 5.94. The highest BCUT2D eigenvalue weighted by Crippen LogP contribution is 2.47. The summed E-state index contributed by atoms with van der Waals surface area (Å²) in [4.78, 5) is 0.103. The van der Waals surface area contributed by atoms with Crippen LogP contribution in [0, 0.1) is 5.41 Å². The van der Waals surface area contributed by atoms with Crippen LogP contribution in [-0.4, -0.2) is 17.0 Å². The largest absolute Gasteiger partial charge is 0.309 e. The molecule has 13 heavy (non-hydrogen) atoms. The summed E-state index contributed by atoms with van der Waals surface area (Å²) in [5.74, 6) is 0. The Morgan fingerprint density at radius 2 is 1.92 bits per heavy atom. The second-order valence-corrected chi connectivity index (χ2v) is 6.26. The second kappa shape index (κ2) is 2.87. The summed E-state index contributed by atoms with van der Waals surface area (Å²) in [6.45, 7) is 6.91. The highest BCUT2D eigenvalue weighted by atomic mass is 35.5. The summed E-state index contributed by atoms with van der Waals surface area (Å²) in [5.41, 5.74) is 0.496. The van der Waals surface area contributed by atoms with Crippen LogP contribution in [-0.2, 0) is 0 Å². The number of nitrogens with one attached hydrogen (secondary N) is 1. The number of hydrogen-bond acceptors (Lipinski definition) is 1. The number of halogens is 1. The summed E-state index contributed by atoms with van der Waals surface area (Å²) >= 11 is 6.35. The standard InChI is InChI=1S/C11H20ClN/c1-8(11(12)6-7-11)13-9-4-5-10(9,2)3/h8-9,13H,4-7H2,1-3H3. The first-order valence-corrected chi connectivity index (χ1v) is 5.77. The van der Waals surface area contributed by atoms with Gasteiger partial charge in [0, 0.05) is 12.1 Å². The molecule has 0 aliphatic heterocycles. The quantitative estimate of drug-likeness (QED) is 0.693. The van der Waals surface area contributed by atoms with Crippen molar-refractivity contribution in [3.8, 4) is 0 Å². The van der Waals surface area contributed by atoms with Crippen molar-refractivity contribution in [1.29, 1.82) is 0 Å². The minimum absolute atomic E-state index is 0.103. The topological polar surface area (TPSA) is 12.0 Å². The third kappa shape index (κ3) is 1.73. The van der Waals surface area contributed by atoms with Gasteiger partial charge < -0.3 is 5.32 Å². The molecule has 0 aromatic rings. The van der Waals surface area contributed by atoms with Gasteiger partial charge in [-0.15, -0.1) is 11.6 Å². The molecule has 2 aliphatic rings. The number of rotatable bonds is 3. The SMILES string of the molecule is CC(NC1CCC1(C)C)C1(Cl)CC1. The fraction of sp³-hybridized carbons (Fsp3) is 1.00. The van der Waals surface area contributed by atoms with Gasteiger partial charge in [0.15, 0.2) is 0 Å². The molecule has 0 heterocycles. The molecule has 2 saturated carbocycles. The number of hydrogen-bond donors (Lipinski definition) is 1. The van der Waals surface area contributed by atoms with Crippen LogP contribution in [0.15, 0.2) is 0 Å². The van der Waals surface area contributed by atoms with Gasteiger partial charge in [-0.2, -0.15) is 0 Å². The van der Waals surface area contributed by atoms with Crippen LogP contribution in [0.4, 0.5) is 0 Å². The van der Waals surface area contributed by atoms with E-state index >= 15 is 0 Å². The maximum Gasteiger partial charge on any atom is 0.0598 e.